The predicted molar refractivity (Wildman–Crippen MR) is 45.4 cm³/mol. The first-order valence-corrected chi connectivity index (χ1v) is 3.75. The third kappa shape index (κ3) is 2.27. The van der Waals surface area contributed by atoms with Crippen molar-refractivity contribution in [3.63, 3.8) is 0 Å². The summed E-state index contributed by atoms with van der Waals surface area (Å²) in [5.41, 5.74) is 3.27. The molecule has 0 amide bonds. The molecule has 62 valence electrons. The lowest BCUT2D eigenvalue weighted by Crippen LogP contribution is -2.41. The van der Waals surface area contributed by atoms with Gasteiger partial charge in [0.25, 0.3) is 0 Å². The second-order valence-corrected chi connectivity index (χ2v) is 4.51. The fourth-order valence-corrected chi connectivity index (χ4v) is 0.520. The van der Waals surface area contributed by atoms with Crippen molar-refractivity contribution in [3.05, 3.63) is 0 Å². The maximum absolute atomic E-state index is 5.26. The van der Waals surface area contributed by atoms with Crippen molar-refractivity contribution < 1.29 is 0 Å². The highest BCUT2D eigenvalue weighted by Crippen LogP contribution is 2.36. The first kappa shape index (κ1) is 9.92. The largest absolute Gasteiger partial charge is 0.271 e. The van der Waals surface area contributed by atoms with Crippen molar-refractivity contribution >= 4 is 0 Å². The average molecular weight is 144 g/mol. The minimum atomic E-state index is 0.252. The van der Waals surface area contributed by atoms with E-state index >= 15 is 0 Å². The van der Waals surface area contributed by atoms with Crippen molar-refractivity contribution in [1.82, 2.24) is 5.43 Å². The third-order valence-electron chi connectivity index (χ3n) is 2.57. The van der Waals surface area contributed by atoms with Gasteiger partial charge in [-0.15, -0.1) is 0 Å². The van der Waals surface area contributed by atoms with Crippen LogP contribution in [0.25, 0.3) is 0 Å². The lowest BCUT2D eigenvalue weighted by molar-refractivity contribution is 0.130. The zero-order chi connectivity index (χ0) is 8.41. The topological polar surface area (TPSA) is 38.0 Å². The van der Waals surface area contributed by atoms with E-state index < -0.39 is 0 Å². The minimum absolute atomic E-state index is 0.252. The van der Waals surface area contributed by atoms with Gasteiger partial charge >= 0.3 is 0 Å². The Morgan fingerprint density at radius 2 is 1.50 bits per heavy atom. The Hall–Kier alpha value is -0.0800. The second kappa shape index (κ2) is 2.89. The van der Waals surface area contributed by atoms with Crippen LogP contribution in [0.4, 0.5) is 0 Å². The molecule has 0 unspecified atom stereocenters. The molecule has 0 aliphatic heterocycles. The SMILES string of the molecule is CC(C)(C)C(C)(C)CNN. The standard InChI is InChI=1S/C8H20N2/c1-7(2,3)8(4,5)6-10-9/h10H,6,9H2,1-5H3. The van der Waals surface area contributed by atoms with Gasteiger partial charge in [-0.25, -0.2) is 0 Å². The molecule has 0 fully saturated rings. The lowest BCUT2D eigenvalue weighted by Gasteiger charge is -2.38. The highest BCUT2D eigenvalue weighted by atomic mass is 15.2. The van der Waals surface area contributed by atoms with Crippen LogP contribution >= 0.6 is 0 Å². The highest BCUT2D eigenvalue weighted by molar-refractivity contribution is 4.83. The number of hydrazine groups is 1. The van der Waals surface area contributed by atoms with Crippen LogP contribution in [-0.4, -0.2) is 6.54 Å². The number of nitrogens with one attached hydrogen (secondary N) is 1. The van der Waals surface area contributed by atoms with Crippen molar-refractivity contribution in [2.24, 2.45) is 16.7 Å². The van der Waals surface area contributed by atoms with Crippen LogP contribution in [0, 0.1) is 10.8 Å². The summed E-state index contributed by atoms with van der Waals surface area (Å²) in [6, 6.07) is 0. The quantitative estimate of drug-likeness (QED) is 0.455. The van der Waals surface area contributed by atoms with Crippen LogP contribution in [0.15, 0.2) is 0 Å². The molecule has 0 atom stereocenters. The maximum atomic E-state index is 5.26. The molecular weight excluding hydrogens is 124 g/mol. The molecule has 0 aromatic carbocycles. The first-order valence-electron chi connectivity index (χ1n) is 3.75. The van der Waals surface area contributed by atoms with Gasteiger partial charge in [-0.1, -0.05) is 34.6 Å². The zero-order valence-corrected chi connectivity index (χ0v) is 7.78. The zero-order valence-electron chi connectivity index (χ0n) is 7.78. The molecule has 0 saturated heterocycles. The minimum Gasteiger partial charge on any atom is -0.271 e. The van der Waals surface area contributed by atoms with E-state index in [1.165, 1.54) is 0 Å². The molecular formula is C8H20N2. The molecule has 0 aliphatic rings. The van der Waals surface area contributed by atoms with E-state index in [-0.39, 0.29) is 5.41 Å². The third-order valence-corrected chi connectivity index (χ3v) is 2.57. The molecule has 3 N–H and O–H groups in total. The van der Waals surface area contributed by atoms with Gasteiger partial charge < -0.3 is 0 Å². The maximum Gasteiger partial charge on any atom is 0.0154 e. The van der Waals surface area contributed by atoms with E-state index in [4.69, 9.17) is 5.84 Å². The Balaban J connectivity index is 4.10. The Kier molecular flexibility index (Phi) is 2.86. The fourth-order valence-electron chi connectivity index (χ4n) is 0.520. The molecule has 0 aromatic heterocycles. The summed E-state index contributed by atoms with van der Waals surface area (Å²) in [6.45, 7) is 12.0. The number of hydrogen-bond donors (Lipinski definition) is 2. The van der Waals surface area contributed by atoms with E-state index in [1.54, 1.807) is 0 Å². The van der Waals surface area contributed by atoms with Crippen LogP contribution in [0.1, 0.15) is 34.6 Å². The van der Waals surface area contributed by atoms with Crippen LogP contribution in [-0.2, 0) is 0 Å². The normalized spacial score (nSPS) is 13.8. The molecule has 0 radical (unpaired) electrons. The van der Waals surface area contributed by atoms with Crippen molar-refractivity contribution in [2.75, 3.05) is 6.54 Å². The van der Waals surface area contributed by atoms with Gasteiger partial charge in [-0.3, -0.25) is 11.3 Å². The predicted octanol–water partition coefficient (Wildman–Crippen LogP) is 1.52. The van der Waals surface area contributed by atoms with Crippen LogP contribution < -0.4 is 11.3 Å². The Labute approximate surface area is 64.2 Å². The van der Waals surface area contributed by atoms with Crippen LogP contribution in [0.2, 0.25) is 0 Å². The van der Waals surface area contributed by atoms with E-state index in [0.717, 1.165) is 6.54 Å². The lowest BCUT2D eigenvalue weighted by atomic mass is 9.69. The summed E-state index contributed by atoms with van der Waals surface area (Å²) in [5.74, 6) is 5.26. The van der Waals surface area contributed by atoms with E-state index in [0.29, 0.717) is 5.41 Å². The number of nitrogens with two attached hydrogens (primary N) is 1. The summed E-state index contributed by atoms with van der Waals surface area (Å²) in [7, 11) is 0. The fraction of sp³-hybridized carbons (Fsp3) is 1.00. The van der Waals surface area contributed by atoms with Crippen LogP contribution in [0.3, 0.4) is 0 Å². The molecule has 0 aromatic rings. The molecule has 0 heterocycles. The van der Waals surface area contributed by atoms with Gasteiger partial charge in [0.05, 0.1) is 0 Å². The van der Waals surface area contributed by atoms with Crippen molar-refractivity contribution in [3.8, 4) is 0 Å². The Morgan fingerprint density at radius 1 is 1.10 bits per heavy atom. The molecule has 2 heteroatoms. The summed E-state index contributed by atoms with van der Waals surface area (Å²) in [4.78, 5) is 0. The smallest absolute Gasteiger partial charge is 0.0154 e. The summed E-state index contributed by atoms with van der Waals surface area (Å²) >= 11 is 0. The van der Waals surface area contributed by atoms with E-state index in [2.05, 4.69) is 40.0 Å². The summed E-state index contributed by atoms with van der Waals surface area (Å²) in [6.07, 6.45) is 0. The summed E-state index contributed by atoms with van der Waals surface area (Å²) < 4.78 is 0. The molecule has 0 rings (SSSR count). The monoisotopic (exact) mass is 144 g/mol. The first-order chi connectivity index (χ1) is 4.31. The number of rotatable bonds is 2. The molecule has 2 nitrogen and oxygen atoms in total. The second-order valence-electron chi connectivity index (χ2n) is 4.51. The van der Waals surface area contributed by atoms with Gasteiger partial charge in [0, 0.05) is 6.54 Å². The molecule has 0 bridgehead atoms. The number of hydrogen-bond acceptors (Lipinski definition) is 2. The Bertz CT molecular complexity index is 100. The van der Waals surface area contributed by atoms with Crippen molar-refractivity contribution in [1.29, 1.82) is 0 Å². The van der Waals surface area contributed by atoms with Gasteiger partial charge in [0.2, 0.25) is 0 Å². The van der Waals surface area contributed by atoms with E-state index in [9.17, 15) is 0 Å². The van der Waals surface area contributed by atoms with Gasteiger partial charge in [0.1, 0.15) is 0 Å². The van der Waals surface area contributed by atoms with Crippen LogP contribution in [0.5, 0.6) is 0 Å². The van der Waals surface area contributed by atoms with Gasteiger partial charge in [-0.05, 0) is 10.8 Å². The average Bonchev–Trinajstić information content (AvgIpc) is 1.61. The van der Waals surface area contributed by atoms with Crippen molar-refractivity contribution in [2.45, 2.75) is 34.6 Å². The van der Waals surface area contributed by atoms with Gasteiger partial charge in [0.15, 0.2) is 0 Å². The molecule has 0 aliphatic carbocycles. The molecule has 0 saturated carbocycles. The molecule has 10 heavy (non-hydrogen) atoms. The molecule has 0 spiro atoms. The van der Waals surface area contributed by atoms with E-state index in [1.807, 2.05) is 0 Å². The highest BCUT2D eigenvalue weighted by Gasteiger charge is 2.31. The summed E-state index contributed by atoms with van der Waals surface area (Å²) in [5, 5.41) is 0. The van der Waals surface area contributed by atoms with Gasteiger partial charge in [-0.2, -0.15) is 0 Å². The Morgan fingerprint density at radius 3 is 1.60 bits per heavy atom.